The zero-order chi connectivity index (χ0) is 19.5. The number of nitrogens with zero attached hydrogens (tertiary/aromatic N) is 2. The van der Waals surface area contributed by atoms with E-state index in [1.165, 1.54) is 0 Å². The second-order valence-corrected chi connectivity index (χ2v) is 9.35. The molecule has 1 saturated carbocycles. The maximum atomic E-state index is 12.9. The molecule has 2 aliphatic rings. The van der Waals surface area contributed by atoms with Gasteiger partial charge >= 0.3 is 0 Å². The predicted octanol–water partition coefficient (Wildman–Crippen LogP) is 4.44. The van der Waals surface area contributed by atoms with Gasteiger partial charge in [0.15, 0.2) is 11.5 Å². The van der Waals surface area contributed by atoms with Gasteiger partial charge in [-0.25, -0.2) is 4.98 Å². The van der Waals surface area contributed by atoms with Crippen molar-refractivity contribution < 1.29 is 14.6 Å². The fraction of sp³-hybridized carbons (Fsp3) is 0.364. The van der Waals surface area contributed by atoms with Crippen LogP contribution in [0.3, 0.4) is 0 Å². The average molecular weight is 394 g/mol. The standard InChI is InChI=1S/C22H22N2O3S/c1-22(2)11-15(22)21(26)24-7-8-27-19-14(12-24)9-13(10-17(19)25)20-23-16-5-3-4-6-18(16)28-20/h3-6,9-10,15,25H,7-8,11-12H2,1-2H3. The van der Waals surface area contributed by atoms with Crippen LogP contribution in [0.5, 0.6) is 11.5 Å². The van der Waals surface area contributed by atoms with Crippen molar-refractivity contribution in [1.29, 1.82) is 0 Å². The maximum absolute atomic E-state index is 12.9. The maximum Gasteiger partial charge on any atom is 0.226 e. The summed E-state index contributed by atoms with van der Waals surface area (Å²) >= 11 is 1.59. The summed E-state index contributed by atoms with van der Waals surface area (Å²) in [6.45, 7) is 5.65. The van der Waals surface area contributed by atoms with Gasteiger partial charge in [-0.3, -0.25) is 4.79 Å². The predicted molar refractivity (Wildman–Crippen MR) is 110 cm³/mol. The molecule has 2 aromatic carbocycles. The number of phenolic OH excluding ortho intramolecular Hbond substituents is 1. The lowest BCUT2D eigenvalue weighted by Crippen LogP contribution is -2.34. The Morgan fingerprint density at radius 1 is 1.32 bits per heavy atom. The third-order valence-corrected chi connectivity index (χ3v) is 6.86. The Morgan fingerprint density at radius 2 is 2.11 bits per heavy atom. The van der Waals surface area contributed by atoms with E-state index in [-0.39, 0.29) is 23.0 Å². The summed E-state index contributed by atoms with van der Waals surface area (Å²) in [5.74, 6) is 0.865. The second-order valence-electron chi connectivity index (χ2n) is 8.32. The Hall–Kier alpha value is -2.60. The lowest BCUT2D eigenvalue weighted by Gasteiger charge is -2.21. The molecule has 0 saturated heterocycles. The van der Waals surface area contributed by atoms with Crippen LogP contribution in [0.25, 0.3) is 20.8 Å². The van der Waals surface area contributed by atoms with Crippen LogP contribution in [0.4, 0.5) is 0 Å². The van der Waals surface area contributed by atoms with Crippen LogP contribution in [0.2, 0.25) is 0 Å². The Balaban J connectivity index is 1.50. The number of carbonyl (C=O) groups excluding carboxylic acids is 1. The third-order valence-electron chi connectivity index (χ3n) is 5.78. The number of carbonyl (C=O) groups is 1. The molecular formula is C22H22N2O3S. The monoisotopic (exact) mass is 394 g/mol. The number of amides is 1. The summed E-state index contributed by atoms with van der Waals surface area (Å²) < 4.78 is 6.91. The highest BCUT2D eigenvalue weighted by Gasteiger charge is 2.52. The first-order valence-corrected chi connectivity index (χ1v) is 10.4. The van der Waals surface area contributed by atoms with Gasteiger partial charge in [0.2, 0.25) is 5.91 Å². The lowest BCUT2D eigenvalue weighted by molar-refractivity contribution is -0.134. The van der Waals surface area contributed by atoms with Crippen molar-refractivity contribution in [1.82, 2.24) is 9.88 Å². The Kier molecular flexibility index (Phi) is 3.88. The van der Waals surface area contributed by atoms with Crippen molar-refractivity contribution in [3.63, 3.8) is 0 Å². The van der Waals surface area contributed by atoms with Crippen molar-refractivity contribution in [2.75, 3.05) is 13.2 Å². The molecule has 1 aliphatic heterocycles. The number of aromatic hydroxyl groups is 1. The quantitative estimate of drug-likeness (QED) is 0.698. The van der Waals surface area contributed by atoms with Crippen molar-refractivity contribution in [3.05, 3.63) is 42.0 Å². The number of aromatic nitrogens is 1. The van der Waals surface area contributed by atoms with E-state index in [1.807, 2.05) is 35.2 Å². The number of benzene rings is 2. The first-order valence-electron chi connectivity index (χ1n) is 9.56. The number of para-hydroxylation sites is 1. The number of phenols is 1. The minimum absolute atomic E-state index is 0.0927. The molecule has 0 radical (unpaired) electrons. The van der Waals surface area contributed by atoms with Crippen molar-refractivity contribution in [3.8, 4) is 22.1 Å². The van der Waals surface area contributed by atoms with E-state index in [4.69, 9.17) is 9.72 Å². The van der Waals surface area contributed by atoms with Gasteiger partial charge in [-0.1, -0.05) is 26.0 Å². The molecule has 1 aliphatic carbocycles. The molecular weight excluding hydrogens is 372 g/mol. The number of rotatable bonds is 2. The van der Waals surface area contributed by atoms with E-state index in [2.05, 4.69) is 13.8 Å². The Labute approximate surface area is 167 Å². The van der Waals surface area contributed by atoms with Crippen LogP contribution in [0, 0.1) is 11.3 Å². The summed E-state index contributed by atoms with van der Waals surface area (Å²) in [5.41, 5.74) is 2.72. The third kappa shape index (κ3) is 2.92. The zero-order valence-electron chi connectivity index (χ0n) is 15.9. The molecule has 1 unspecified atom stereocenters. The van der Waals surface area contributed by atoms with E-state index >= 15 is 0 Å². The van der Waals surface area contributed by atoms with E-state index in [0.717, 1.165) is 32.8 Å². The summed E-state index contributed by atoms with van der Waals surface area (Å²) in [6, 6.07) is 11.7. The Morgan fingerprint density at radius 3 is 2.86 bits per heavy atom. The highest BCUT2D eigenvalue weighted by molar-refractivity contribution is 7.21. The fourth-order valence-corrected chi connectivity index (χ4v) is 4.87. The van der Waals surface area contributed by atoms with Crippen molar-refractivity contribution >= 4 is 27.5 Å². The second kappa shape index (κ2) is 6.21. The van der Waals surface area contributed by atoms with Crippen molar-refractivity contribution in [2.24, 2.45) is 11.3 Å². The first kappa shape index (κ1) is 17.5. The van der Waals surface area contributed by atoms with Crippen LogP contribution in [0.15, 0.2) is 36.4 Å². The molecule has 1 aromatic heterocycles. The first-order chi connectivity index (χ1) is 13.4. The van der Waals surface area contributed by atoms with E-state index in [0.29, 0.717) is 25.4 Å². The summed E-state index contributed by atoms with van der Waals surface area (Å²) in [5, 5.41) is 11.4. The van der Waals surface area contributed by atoms with Gasteiger partial charge in [0.1, 0.15) is 11.6 Å². The largest absolute Gasteiger partial charge is 0.504 e. The molecule has 1 amide bonds. The highest BCUT2D eigenvalue weighted by Crippen LogP contribution is 2.52. The number of thiazole rings is 1. The number of hydrogen-bond acceptors (Lipinski definition) is 5. The normalized spacial score (nSPS) is 20.4. The molecule has 1 atom stereocenters. The van der Waals surface area contributed by atoms with E-state index < -0.39 is 0 Å². The minimum Gasteiger partial charge on any atom is -0.504 e. The fourth-order valence-electron chi connectivity index (χ4n) is 3.92. The molecule has 0 bridgehead atoms. The van der Waals surface area contributed by atoms with Crippen LogP contribution in [0.1, 0.15) is 25.8 Å². The van der Waals surface area contributed by atoms with Gasteiger partial charge in [-0.2, -0.15) is 0 Å². The van der Waals surface area contributed by atoms with Gasteiger partial charge in [-0.05, 0) is 36.1 Å². The molecule has 2 heterocycles. The summed E-state index contributed by atoms with van der Waals surface area (Å²) in [4.78, 5) is 19.5. The molecule has 0 spiro atoms. The lowest BCUT2D eigenvalue weighted by atomic mass is 10.1. The summed E-state index contributed by atoms with van der Waals surface area (Å²) in [6.07, 6.45) is 0.938. The van der Waals surface area contributed by atoms with Gasteiger partial charge in [0.05, 0.1) is 16.8 Å². The highest BCUT2D eigenvalue weighted by atomic mass is 32.1. The van der Waals surface area contributed by atoms with Gasteiger partial charge in [-0.15, -0.1) is 11.3 Å². The van der Waals surface area contributed by atoms with Crippen LogP contribution in [-0.2, 0) is 11.3 Å². The molecule has 144 valence electrons. The molecule has 6 heteroatoms. The topological polar surface area (TPSA) is 62.7 Å². The number of fused-ring (bicyclic) bond motifs is 2. The molecule has 1 fully saturated rings. The molecule has 5 nitrogen and oxygen atoms in total. The van der Waals surface area contributed by atoms with Crippen LogP contribution >= 0.6 is 11.3 Å². The molecule has 3 aromatic rings. The van der Waals surface area contributed by atoms with Crippen LogP contribution in [-0.4, -0.2) is 34.0 Å². The van der Waals surface area contributed by atoms with Gasteiger partial charge in [0, 0.05) is 23.6 Å². The van der Waals surface area contributed by atoms with Crippen molar-refractivity contribution in [2.45, 2.75) is 26.8 Å². The molecule has 28 heavy (non-hydrogen) atoms. The summed E-state index contributed by atoms with van der Waals surface area (Å²) in [7, 11) is 0. The number of ether oxygens (including phenoxy) is 1. The van der Waals surface area contributed by atoms with Gasteiger partial charge in [0.25, 0.3) is 0 Å². The zero-order valence-corrected chi connectivity index (χ0v) is 16.8. The van der Waals surface area contributed by atoms with Crippen LogP contribution < -0.4 is 4.74 Å². The van der Waals surface area contributed by atoms with E-state index in [9.17, 15) is 9.90 Å². The number of hydrogen-bond donors (Lipinski definition) is 1. The SMILES string of the molecule is CC1(C)CC1C(=O)N1CCOc2c(O)cc(-c3nc4ccccc4s3)cc2C1. The average Bonchev–Trinajstić information content (AvgIpc) is 3.18. The van der Waals surface area contributed by atoms with Gasteiger partial charge < -0.3 is 14.7 Å². The smallest absolute Gasteiger partial charge is 0.226 e. The molecule has 1 N–H and O–H groups in total. The van der Waals surface area contributed by atoms with E-state index in [1.54, 1.807) is 17.4 Å². The minimum atomic E-state index is 0.0927. The Bertz CT molecular complexity index is 1060. The molecule has 5 rings (SSSR count).